The van der Waals surface area contributed by atoms with E-state index in [1.807, 2.05) is 0 Å². The highest BCUT2D eigenvalue weighted by Crippen LogP contribution is 2.59. The number of ether oxygens (including phenoxy) is 6. The van der Waals surface area contributed by atoms with E-state index in [0.29, 0.717) is 62.2 Å². The maximum Gasteiger partial charge on any atom is 0.147 e. The van der Waals surface area contributed by atoms with E-state index in [-0.39, 0.29) is 119 Å². The van der Waals surface area contributed by atoms with E-state index in [2.05, 4.69) is 263 Å². The fourth-order valence-electron chi connectivity index (χ4n) is 11.9. The van der Waals surface area contributed by atoms with Gasteiger partial charge in [-0.2, -0.15) is 0 Å². The number of phenolic OH excluding ortho intramolecular Hbond substituents is 4. The van der Waals surface area contributed by atoms with Crippen molar-refractivity contribution in [3.05, 3.63) is 142 Å². The molecular weight excluding hydrogens is 1470 g/mol. The zero-order chi connectivity index (χ0) is 77.3. The van der Waals surface area contributed by atoms with Crippen LogP contribution in [0.1, 0.15) is 211 Å². The van der Waals surface area contributed by atoms with Crippen LogP contribution in [0, 0.1) is 0 Å². The molecule has 106 heavy (non-hydrogen) atoms. The Morgan fingerprint density at radius 3 is 0.415 bits per heavy atom. The van der Waals surface area contributed by atoms with Crippen molar-refractivity contribution in [3.8, 4) is 46.0 Å². The maximum absolute atomic E-state index is 13.0. The fraction of sp³-hybridized carbons (Fsp3) is 0.455. The Morgan fingerprint density at radius 1 is 0.189 bits per heavy atom. The Labute approximate surface area is 665 Å². The molecule has 4 aliphatic rings. The molecule has 0 unspecified atom stereocenters. The van der Waals surface area contributed by atoms with E-state index < -0.39 is 0 Å². The molecule has 0 aromatic heterocycles. The summed E-state index contributed by atoms with van der Waals surface area (Å²) >= 11 is 11.8. The second-order valence-electron chi connectivity index (χ2n) is 35.9. The molecule has 0 aliphatic carbocycles. The van der Waals surface area contributed by atoms with Crippen molar-refractivity contribution in [1.82, 2.24) is 0 Å². The quantitative estimate of drug-likeness (QED) is 0.107. The lowest BCUT2D eigenvalue weighted by Gasteiger charge is -2.27. The number of rotatable bonds is 0. The van der Waals surface area contributed by atoms with E-state index in [1.54, 1.807) is 0 Å². The van der Waals surface area contributed by atoms with Gasteiger partial charge in [-0.15, -0.1) is 0 Å². The highest BCUT2D eigenvalue weighted by molar-refractivity contribution is 8.02. The monoisotopic (exact) mass is 1580 g/mol. The molecule has 20 bridgehead atoms. The lowest BCUT2D eigenvalue weighted by atomic mass is 9.87. The van der Waals surface area contributed by atoms with Gasteiger partial charge < -0.3 is 48.8 Å². The molecule has 10 nitrogen and oxygen atoms in total. The molecule has 8 aromatic rings. The molecule has 4 N–H and O–H groups in total. The van der Waals surface area contributed by atoms with Gasteiger partial charge in [0.1, 0.15) is 72.4 Å². The van der Waals surface area contributed by atoms with E-state index in [9.17, 15) is 20.4 Å². The molecule has 8 aromatic carbocycles. The number of benzene rings is 8. The zero-order valence-electron chi connectivity index (χ0n) is 66.4. The van der Waals surface area contributed by atoms with Crippen LogP contribution < -0.4 is 18.9 Å². The van der Waals surface area contributed by atoms with Crippen molar-refractivity contribution in [2.45, 2.75) is 288 Å². The Kier molecular flexibility index (Phi) is 24.1. The van der Waals surface area contributed by atoms with Gasteiger partial charge in [0.15, 0.2) is 0 Å². The third kappa shape index (κ3) is 19.1. The van der Waals surface area contributed by atoms with Crippen molar-refractivity contribution >= 4 is 94.1 Å². The molecule has 568 valence electrons. The van der Waals surface area contributed by atoms with Crippen molar-refractivity contribution in [3.63, 3.8) is 0 Å². The maximum atomic E-state index is 13.0. The van der Waals surface area contributed by atoms with Crippen LogP contribution in [0.2, 0.25) is 0 Å². The van der Waals surface area contributed by atoms with Crippen LogP contribution in [0.3, 0.4) is 0 Å². The van der Waals surface area contributed by atoms with Crippen molar-refractivity contribution in [2.75, 3.05) is 52.9 Å². The Bertz CT molecular complexity index is 3860. The van der Waals surface area contributed by atoms with E-state index in [4.69, 9.17) is 28.4 Å². The van der Waals surface area contributed by atoms with Gasteiger partial charge in [-0.05, 0) is 185 Å². The Hall–Kier alpha value is -5.12. The van der Waals surface area contributed by atoms with Crippen LogP contribution in [-0.2, 0) is 52.8 Å². The topological polar surface area (TPSA) is 136 Å². The number of hydrogen-bond acceptors (Lipinski definition) is 18. The lowest BCUT2D eigenvalue weighted by molar-refractivity contribution is 0.0737. The standard InChI is InChI=1S/C88H108O10S8/c1-81(2,3)49-33-57-73(89)58(34-49)100-66-42-54(86(16,17)18)44-68-78(66)96-30-26-94-28-32-98-80-70-46-56(88(22,23)24)48-72(80)106-64-40-52(84(10,11)12)39-63(76(64)92)105-71-47-55(87(19,20)21)45-69(103-61-37-51(83(7,8)9)38-62(104-70)75(61)91)79(71)97-31-27-93-25-29-95-77-65(99-57)41-53(85(13,14)15)43-67(77)101-59-35-50(82(4,5)6)36-60(102-68)74(59)90/h33-48,89-92H,25-32H2,1-24H3. The van der Waals surface area contributed by atoms with Gasteiger partial charge in [-0.25, -0.2) is 0 Å². The van der Waals surface area contributed by atoms with Gasteiger partial charge in [0.05, 0.1) is 105 Å². The first-order chi connectivity index (χ1) is 49.2. The molecule has 0 spiro atoms. The zero-order valence-corrected chi connectivity index (χ0v) is 72.9. The summed E-state index contributed by atoms with van der Waals surface area (Å²) in [7, 11) is 0. The first kappa shape index (κ1) is 81.9. The lowest BCUT2D eigenvalue weighted by Crippen LogP contribution is -2.15. The molecular formula is C88H108O10S8. The molecule has 0 radical (unpaired) electrons. The minimum atomic E-state index is -0.320. The highest BCUT2D eigenvalue weighted by Gasteiger charge is 2.34. The number of fused-ring (bicyclic) bond motifs is 14. The second kappa shape index (κ2) is 31.2. The van der Waals surface area contributed by atoms with Crippen LogP contribution in [0.15, 0.2) is 175 Å². The predicted molar refractivity (Wildman–Crippen MR) is 444 cm³/mol. The fourth-order valence-corrected chi connectivity index (χ4v) is 21.0. The second-order valence-corrected chi connectivity index (χ2v) is 44.6. The van der Waals surface area contributed by atoms with E-state index in [1.165, 1.54) is 94.1 Å². The molecule has 0 fully saturated rings. The molecule has 4 aliphatic heterocycles. The van der Waals surface area contributed by atoms with E-state index in [0.717, 1.165) is 83.7 Å². The SMILES string of the molecule is CC(C)(C)c1cc2c(O)c(c1)Sc1cc(C(C)(C)C)cc3c1OCCOCCOc1c4cc(C(C)(C)C)cc1Sc1cc(C(C)(C)C)cc(c1O)Sc1cc(C(C)(C)C)cc(c1OCCOCCOc1c(cc(C(C)(C)C)cc1Sc1cc(C(C)(C)C)cc(c1O)S3)S2)Sc1cc(C(C)(C)C)cc(c1O)S4. The molecule has 12 rings (SSSR count). The summed E-state index contributed by atoms with van der Waals surface area (Å²) in [6, 6.07) is 34.4. The third-order valence-electron chi connectivity index (χ3n) is 18.8. The number of hydrogen-bond donors (Lipinski definition) is 4. The van der Waals surface area contributed by atoms with Crippen LogP contribution in [0.5, 0.6) is 46.0 Å². The van der Waals surface area contributed by atoms with Crippen LogP contribution >= 0.6 is 94.1 Å². The summed E-state index contributed by atoms with van der Waals surface area (Å²) in [6.07, 6.45) is 0. The average Bonchev–Trinajstić information content (AvgIpc) is 0.768. The smallest absolute Gasteiger partial charge is 0.147 e. The Morgan fingerprint density at radius 2 is 0.302 bits per heavy atom. The van der Waals surface area contributed by atoms with Gasteiger partial charge >= 0.3 is 0 Å². The number of phenols is 4. The summed E-state index contributed by atoms with van der Waals surface area (Å²) < 4.78 is 41.8. The predicted octanol–water partition coefficient (Wildman–Crippen LogP) is 26.0. The summed E-state index contributed by atoms with van der Waals surface area (Å²) in [6.45, 7) is 54.3. The van der Waals surface area contributed by atoms with Gasteiger partial charge in [-0.1, -0.05) is 260 Å². The largest absolute Gasteiger partial charge is 0.506 e. The third-order valence-corrected chi connectivity index (χ3v) is 27.3. The van der Waals surface area contributed by atoms with Crippen LogP contribution in [0.4, 0.5) is 0 Å². The molecule has 0 atom stereocenters. The van der Waals surface area contributed by atoms with Gasteiger partial charge in [-0.3, -0.25) is 0 Å². The summed E-state index contributed by atoms with van der Waals surface area (Å²) in [5.41, 5.74) is 5.87. The first-order valence-corrected chi connectivity index (χ1v) is 43.1. The highest BCUT2D eigenvalue weighted by atomic mass is 32.2. The van der Waals surface area contributed by atoms with E-state index >= 15 is 0 Å². The van der Waals surface area contributed by atoms with Crippen molar-refractivity contribution in [1.29, 1.82) is 0 Å². The van der Waals surface area contributed by atoms with Crippen molar-refractivity contribution in [2.24, 2.45) is 0 Å². The Balaban J connectivity index is 1.13. The minimum absolute atomic E-state index is 0.144. The molecule has 0 amide bonds. The molecule has 0 saturated carbocycles. The van der Waals surface area contributed by atoms with Crippen LogP contribution in [-0.4, -0.2) is 73.3 Å². The minimum Gasteiger partial charge on any atom is -0.506 e. The van der Waals surface area contributed by atoms with Gasteiger partial charge in [0.25, 0.3) is 0 Å². The summed E-state index contributed by atoms with van der Waals surface area (Å²) in [4.78, 5) is 11.7. The average molecular weight is 1580 g/mol. The van der Waals surface area contributed by atoms with Gasteiger partial charge in [0, 0.05) is 0 Å². The van der Waals surface area contributed by atoms with Crippen molar-refractivity contribution < 1.29 is 48.8 Å². The molecule has 4 heterocycles. The number of aromatic hydroxyl groups is 4. The normalized spacial score (nSPS) is 15.7. The first-order valence-electron chi connectivity index (χ1n) is 36.5. The molecule has 0 saturated heterocycles. The van der Waals surface area contributed by atoms with Crippen LogP contribution in [0.25, 0.3) is 0 Å². The van der Waals surface area contributed by atoms with Gasteiger partial charge in [0.2, 0.25) is 0 Å². The summed E-state index contributed by atoms with van der Waals surface area (Å²) in [5, 5.41) is 52.1. The summed E-state index contributed by atoms with van der Waals surface area (Å²) in [5.74, 6) is 2.99. The molecule has 18 heteroatoms.